The maximum atomic E-state index is 11.4. The smallest absolute Gasteiger partial charge is 0.376 e. The summed E-state index contributed by atoms with van der Waals surface area (Å²) in [4.78, 5) is 25.5. The van der Waals surface area contributed by atoms with Crippen LogP contribution in [-0.2, 0) is 9.53 Å². The molecule has 27 heavy (non-hydrogen) atoms. The van der Waals surface area contributed by atoms with Crippen LogP contribution in [0.3, 0.4) is 0 Å². The predicted octanol–water partition coefficient (Wildman–Crippen LogP) is 5.47. The van der Waals surface area contributed by atoms with Gasteiger partial charge in [-0.2, -0.15) is 0 Å². The topological polar surface area (TPSA) is 81.4 Å². The summed E-state index contributed by atoms with van der Waals surface area (Å²) in [6.45, 7) is 8.46. The molecule has 0 spiro atoms. The first-order valence-corrected chi connectivity index (χ1v) is 9.59. The summed E-state index contributed by atoms with van der Waals surface area (Å²) in [6, 6.07) is 3.49. The molecule has 6 nitrogen and oxygen atoms in total. The van der Waals surface area contributed by atoms with E-state index in [0.717, 1.165) is 12.7 Å². The molecule has 0 aliphatic heterocycles. The number of nitrogens with one attached hydrogen (secondary N) is 1. The highest BCUT2D eigenvalue weighted by Crippen LogP contribution is 2.28. The molecular formula is C21H34N2O4. The normalized spacial score (nSPS) is 10.7. The zero-order chi connectivity index (χ0) is 20.7. The Morgan fingerprint density at radius 2 is 1.96 bits per heavy atom. The number of fused-ring (bicyclic) bond motifs is 1. The third-order valence-electron chi connectivity index (χ3n) is 3.81. The highest BCUT2D eigenvalue weighted by molar-refractivity contribution is 6.02. The van der Waals surface area contributed by atoms with E-state index in [1.54, 1.807) is 25.4 Å². The van der Waals surface area contributed by atoms with Gasteiger partial charge in [-0.3, -0.25) is 4.98 Å². The minimum absolute atomic E-state index is 0.147. The molecule has 0 aliphatic carbocycles. The Labute approximate surface area is 162 Å². The number of pyridine rings is 1. The Hall–Kier alpha value is -2.37. The second-order valence-electron chi connectivity index (χ2n) is 6.15. The lowest BCUT2D eigenvalue weighted by molar-refractivity contribution is -0.110. The van der Waals surface area contributed by atoms with Crippen LogP contribution in [0.15, 0.2) is 22.7 Å². The zero-order valence-corrected chi connectivity index (χ0v) is 17.5. The van der Waals surface area contributed by atoms with Crippen LogP contribution in [0, 0.1) is 5.92 Å². The van der Waals surface area contributed by atoms with Gasteiger partial charge in [0.05, 0.1) is 7.11 Å². The molecule has 2 aromatic rings. The molecule has 0 saturated heterocycles. The number of ether oxygens (including phenoxy) is 1. The lowest BCUT2D eigenvalue weighted by atomic mass is 10.1. The van der Waals surface area contributed by atoms with Crippen LogP contribution < -0.4 is 5.32 Å². The first-order chi connectivity index (χ1) is 13.0. The Morgan fingerprint density at radius 3 is 2.44 bits per heavy atom. The average Bonchev–Trinajstić information content (AvgIpc) is 3.10. The molecule has 1 N–H and O–H groups in total. The van der Waals surface area contributed by atoms with Gasteiger partial charge in [0.2, 0.25) is 5.76 Å². The number of furan rings is 1. The fourth-order valence-electron chi connectivity index (χ4n) is 1.99. The van der Waals surface area contributed by atoms with E-state index >= 15 is 0 Å². The number of hydrogen-bond donors (Lipinski definition) is 1. The molecule has 0 saturated carbocycles. The standard InChI is InChI=1S/C10H10N2O3.C7H14O.C4H10/c1-11-8-7-6(4-3-5-12-7)15-9(8)10(13)14-2;1-3-4-5-7(2)6-8;1-3-4-2/h3-5,11H,1-2H3;6-7H,3-5H2,1-2H3;3-4H2,1-2H3/t;7-;/m.0./s1. The Kier molecular flexibility index (Phi) is 13.5. The van der Waals surface area contributed by atoms with Gasteiger partial charge in [-0.15, -0.1) is 0 Å². The van der Waals surface area contributed by atoms with E-state index in [9.17, 15) is 9.59 Å². The Bertz CT molecular complexity index is 665. The first-order valence-electron chi connectivity index (χ1n) is 9.59. The SMILES string of the molecule is CCCC.CCCC[C@H](C)C=O.CNc1c(C(=O)OC)oc2cccnc12. The van der Waals surface area contributed by atoms with E-state index in [4.69, 9.17) is 4.42 Å². The van der Waals surface area contributed by atoms with Gasteiger partial charge >= 0.3 is 5.97 Å². The molecule has 0 radical (unpaired) electrons. The number of hydrogen-bond acceptors (Lipinski definition) is 6. The summed E-state index contributed by atoms with van der Waals surface area (Å²) in [5.41, 5.74) is 1.74. The summed E-state index contributed by atoms with van der Waals surface area (Å²) in [5, 5.41) is 2.88. The van der Waals surface area contributed by atoms with Gasteiger partial charge in [0.1, 0.15) is 17.5 Å². The van der Waals surface area contributed by atoms with Crippen molar-refractivity contribution >= 4 is 29.0 Å². The number of methoxy groups -OCH3 is 1. The molecule has 0 aromatic carbocycles. The van der Waals surface area contributed by atoms with Crippen LogP contribution in [0.2, 0.25) is 0 Å². The van der Waals surface area contributed by atoms with Crippen LogP contribution in [0.1, 0.15) is 70.4 Å². The molecule has 0 fully saturated rings. The van der Waals surface area contributed by atoms with Crippen molar-refractivity contribution in [2.45, 2.75) is 59.8 Å². The van der Waals surface area contributed by atoms with E-state index in [-0.39, 0.29) is 11.7 Å². The molecule has 2 rings (SSSR count). The molecule has 0 amide bonds. The number of aromatic nitrogens is 1. The van der Waals surface area contributed by atoms with Gasteiger partial charge in [0.15, 0.2) is 5.58 Å². The maximum absolute atomic E-state index is 11.4. The van der Waals surface area contributed by atoms with Crippen molar-refractivity contribution in [1.82, 2.24) is 4.98 Å². The monoisotopic (exact) mass is 378 g/mol. The van der Waals surface area contributed by atoms with Gasteiger partial charge in [-0.1, -0.05) is 53.4 Å². The molecule has 6 heteroatoms. The zero-order valence-electron chi connectivity index (χ0n) is 17.5. The maximum Gasteiger partial charge on any atom is 0.376 e. The van der Waals surface area contributed by atoms with Crippen molar-refractivity contribution in [3.05, 3.63) is 24.1 Å². The highest BCUT2D eigenvalue weighted by atomic mass is 16.5. The summed E-state index contributed by atoms with van der Waals surface area (Å²) < 4.78 is 9.95. The lowest BCUT2D eigenvalue weighted by Gasteiger charge is -1.98. The molecule has 0 bridgehead atoms. The molecular weight excluding hydrogens is 344 g/mol. The molecule has 2 heterocycles. The fourth-order valence-corrected chi connectivity index (χ4v) is 1.99. The van der Waals surface area contributed by atoms with Crippen molar-refractivity contribution in [2.75, 3.05) is 19.5 Å². The Morgan fingerprint density at radius 1 is 1.30 bits per heavy atom. The van der Waals surface area contributed by atoms with Crippen molar-refractivity contribution < 1.29 is 18.7 Å². The lowest BCUT2D eigenvalue weighted by Crippen LogP contribution is -2.03. The number of anilines is 1. The summed E-state index contributed by atoms with van der Waals surface area (Å²) in [7, 11) is 3.01. The third-order valence-corrected chi connectivity index (χ3v) is 3.81. The fraction of sp³-hybridized carbons (Fsp3) is 0.571. The summed E-state index contributed by atoms with van der Waals surface area (Å²) in [5.74, 6) is -0.0963. The largest absolute Gasteiger partial charge is 0.463 e. The predicted molar refractivity (Wildman–Crippen MR) is 110 cm³/mol. The number of carbonyl (C=O) groups is 2. The summed E-state index contributed by atoms with van der Waals surface area (Å²) in [6.07, 6.45) is 8.73. The number of carbonyl (C=O) groups excluding carboxylic acids is 2. The Balaban J connectivity index is 0.000000476. The van der Waals surface area contributed by atoms with Gasteiger partial charge in [-0.25, -0.2) is 4.79 Å². The second-order valence-corrected chi connectivity index (χ2v) is 6.15. The number of rotatable bonds is 7. The van der Waals surface area contributed by atoms with Crippen LogP contribution in [-0.4, -0.2) is 31.4 Å². The quantitative estimate of drug-likeness (QED) is 0.508. The van der Waals surface area contributed by atoms with E-state index in [1.807, 2.05) is 6.92 Å². The minimum atomic E-state index is -0.516. The molecule has 0 unspecified atom stereocenters. The van der Waals surface area contributed by atoms with Gasteiger partial charge < -0.3 is 19.3 Å². The van der Waals surface area contributed by atoms with E-state index < -0.39 is 5.97 Å². The van der Waals surface area contributed by atoms with E-state index in [2.05, 4.69) is 35.8 Å². The van der Waals surface area contributed by atoms with Crippen molar-refractivity contribution in [3.63, 3.8) is 0 Å². The third kappa shape index (κ3) is 8.71. The van der Waals surface area contributed by atoms with Crippen LogP contribution in [0.4, 0.5) is 5.69 Å². The number of unbranched alkanes of at least 4 members (excludes halogenated alkanes) is 2. The van der Waals surface area contributed by atoms with Gasteiger partial charge in [-0.05, 0) is 18.6 Å². The van der Waals surface area contributed by atoms with E-state index in [0.29, 0.717) is 16.8 Å². The van der Waals surface area contributed by atoms with Gasteiger partial charge in [0, 0.05) is 19.2 Å². The number of esters is 1. The van der Waals surface area contributed by atoms with Crippen molar-refractivity contribution in [3.8, 4) is 0 Å². The summed E-state index contributed by atoms with van der Waals surface area (Å²) >= 11 is 0. The molecule has 2 aromatic heterocycles. The van der Waals surface area contributed by atoms with Gasteiger partial charge in [0.25, 0.3) is 0 Å². The minimum Gasteiger partial charge on any atom is -0.463 e. The average molecular weight is 379 g/mol. The number of aldehydes is 1. The first kappa shape index (κ1) is 24.6. The second kappa shape index (κ2) is 14.8. The molecule has 0 aliphatic rings. The number of nitrogens with zero attached hydrogens (tertiary/aromatic N) is 1. The van der Waals surface area contributed by atoms with E-state index in [1.165, 1.54) is 32.8 Å². The molecule has 1 atom stereocenters. The highest BCUT2D eigenvalue weighted by Gasteiger charge is 2.20. The van der Waals surface area contributed by atoms with Crippen LogP contribution in [0.25, 0.3) is 11.1 Å². The van der Waals surface area contributed by atoms with Crippen molar-refractivity contribution in [1.29, 1.82) is 0 Å². The van der Waals surface area contributed by atoms with Crippen LogP contribution >= 0.6 is 0 Å². The van der Waals surface area contributed by atoms with Crippen LogP contribution in [0.5, 0.6) is 0 Å². The van der Waals surface area contributed by atoms with Crippen molar-refractivity contribution in [2.24, 2.45) is 5.92 Å². The molecule has 152 valence electrons.